The molecule has 0 amide bonds. The van der Waals surface area contributed by atoms with Crippen molar-refractivity contribution in [3.63, 3.8) is 0 Å². The number of rotatable bonds is 1. The van der Waals surface area contributed by atoms with Crippen LogP contribution in [-0.2, 0) is 6.42 Å². The molecule has 0 fully saturated rings. The number of nitrogen functional groups attached to an aromatic ring is 1. The van der Waals surface area contributed by atoms with E-state index in [0.717, 1.165) is 0 Å². The SMILES string of the molecule is CCc1c[n+](O)c(N)c(C#N)n1. The zero-order chi connectivity index (χ0) is 9.14. The van der Waals surface area contributed by atoms with Crippen LogP contribution < -0.4 is 10.5 Å². The van der Waals surface area contributed by atoms with Crippen molar-refractivity contribution in [2.45, 2.75) is 13.3 Å². The maximum absolute atomic E-state index is 9.14. The highest BCUT2D eigenvalue weighted by Crippen LogP contribution is 2.01. The monoisotopic (exact) mass is 165 g/mol. The Morgan fingerprint density at radius 1 is 1.83 bits per heavy atom. The average molecular weight is 165 g/mol. The van der Waals surface area contributed by atoms with E-state index in [2.05, 4.69) is 4.98 Å². The molecule has 1 aromatic heterocycles. The van der Waals surface area contributed by atoms with Gasteiger partial charge in [0.05, 0.1) is 5.69 Å². The van der Waals surface area contributed by atoms with E-state index in [-0.39, 0.29) is 11.5 Å². The molecule has 0 aromatic carbocycles. The number of hydrogen-bond acceptors (Lipinski definition) is 4. The molecule has 0 atom stereocenters. The summed E-state index contributed by atoms with van der Waals surface area (Å²) in [4.78, 5) is 3.90. The minimum absolute atomic E-state index is 0.0327. The zero-order valence-electron chi connectivity index (χ0n) is 6.65. The number of nitrogens with zero attached hydrogens (tertiary/aromatic N) is 3. The van der Waals surface area contributed by atoms with Crippen LogP contribution in [0.5, 0.6) is 0 Å². The molecular weight excluding hydrogens is 156 g/mol. The van der Waals surface area contributed by atoms with E-state index < -0.39 is 0 Å². The molecule has 1 rings (SSSR count). The van der Waals surface area contributed by atoms with Gasteiger partial charge in [-0.1, -0.05) is 6.92 Å². The topological polar surface area (TPSA) is 86.8 Å². The molecule has 1 heterocycles. The van der Waals surface area contributed by atoms with Gasteiger partial charge in [-0.15, -0.1) is 0 Å². The summed E-state index contributed by atoms with van der Waals surface area (Å²) in [5.74, 6) is -0.0327. The minimum Gasteiger partial charge on any atom is -0.350 e. The summed E-state index contributed by atoms with van der Waals surface area (Å²) in [7, 11) is 0. The Hall–Kier alpha value is -1.83. The summed E-state index contributed by atoms with van der Waals surface area (Å²) in [5.41, 5.74) is 6.03. The van der Waals surface area contributed by atoms with E-state index in [0.29, 0.717) is 16.8 Å². The first kappa shape index (κ1) is 8.27. The Labute approximate surface area is 69.7 Å². The molecule has 3 N–H and O–H groups in total. The van der Waals surface area contributed by atoms with Crippen LogP contribution in [0.1, 0.15) is 18.3 Å². The maximum atomic E-state index is 9.14. The van der Waals surface area contributed by atoms with Gasteiger partial charge in [0.25, 0.3) is 0 Å². The smallest absolute Gasteiger partial charge is 0.348 e. The first-order valence-electron chi connectivity index (χ1n) is 3.49. The largest absolute Gasteiger partial charge is 0.350 e. The number of hydrogen-bond donors (Lipinski definition) is 2. The fourth-order valence-electron chi connectivity index (χ4n) is 0.802. The quantitative estimate of drug-likeness (QED) is 0.438. The van der Waals surface area contributed by atoms with Crippen LogP contribution in [0.4, 0.5) is 5.82 Å². The van der Waals surface area contributed by atoms with Gasteiger partial charge in [0.1, 0.15) is 6.07 Å². The fraction of sp³-hybridized carbons (Fsp3) is 0.286. The van der Waals surface area contributed by atoms with Crippen LogP contribution in [-0.4, -0.2) is 10.2 Å². The van der Waals surface area contributed by atoms with Gasteiger partial charge in [0.15, 0.2) is 6.20 Å². The fourth-order valence-corrected chi connectivity index (χ4v) is 0.802. The molecule has 12 heavy (non-hydrogen) atoms. The third-order valence-electron chi connectivity index (χ3n) is 1.48. The minimum atomic E-state index is -0.0327. The van der Waals surface area contributed by atoms with Gasteiger partial charge < -0.3 is 5.21 Å². The molecule has 1 aromatic rings. The average Bonchev–Trinajstić information content (AvgIpc) is 2.09. The van der Waals surface area contributed by atoms with Crippen LogP contribution >= 0.6 is 0 Å². The summed E-state index contributed by atoms with van der Waals surface area (Å²) < 4.78 is 0.713. The predicted octanol–water partition coefficient (Wildman–Crippen LogP) is -0.377. The number of aryl methyl sites for hydroxylation is 1. The third kappa shape index (κ3) is 1.27. The molecule has 0 unspecified atom stereocenters. The Kier molecular flexibility index (Phi) is 2.10. The van der Waals surface area contributed by atoms with Crippen molar-refractivity contribution in [1.82, 2.24) is 4.98 Å². The van der Waals surface area contributed by atoms with Gasteiger partial charge in [0.2, 0.25) is 5.69 Å². The number of nitriles is 1. The molecular formula is C7H9N4O+. The van der Waals surface area contributed by atoms with Gasteiger partial charge >= 0.3 is 5.82 Å². The standard InChI is InChI=1S/C7H8N4O/c1-2-5-4-11(12)7(9)6(3-8)10-5/h4,9,12H,2H2,1H3/p+1. The lowest BCUT2D eigenvalue weighted by Gasteiger charge is -1.97. The van der Waals surface area contributed by atoms with Crippen LogP contribution in [0, 0.1) is 11.3 Å². The highest BCUT2D eigenvalue weighted by atomic mass is 16.5. The molecule has 0 saturated carbocycles. The molecule has 5 nitrogen and oxygen atoms in total. The lowest BCUT2D eigenvalue weighted by Crippen LogP contribution is -2.35. The Morgan fingerprint density at radius 2 is 2.50 bits per heavy atom. The molecule has 0 bridgehead atoms. The van der Waals surface area contributed by atoms with Crippen molar-refractivity contribution in [3.05, 3.63) is 17.6 Å². The molecule has 0 spiro atoms. The molecule has 0 aliphatic heterocycles. The first-order valence-corrected chi connectivity index (χ1v) is 3.49. The van der Waals surface area contributed by atoms with Gasteiger partial charge in [0, 0.05) is 0 Å². The summed E-state index contributed by atoms with van der Waals surface area (Å²) in [6.07, 6.45) is 2.03. The molecule has 62 valence electrons. The summed E-state index contributed by atoms with van der Waals surface area (Å²) in [6, 6.07) is 1.79. The summed E-state index contributed by atoms with van der Waals surface area (Å²) in [5, 5.41) is 17.7. The van der Waals surface area contributed by atoms with E-state index in [1.807, 2.05) is 6.92 Å². The van der Waals surface area contributed by atoms with E-state index in [1.54, 1.807) is 6.07 Å². The number of aromatic nitrogens is 2. The van der Waals surface area contributed by atoms with Crippen molar-refractivity contribution >= 4 is 5.82 Å². The van der Waals surface area contributed by atoms with E-state index in [4.69, 9.17) is 16.2 Å². The Balaban J connectivity index is 3.31. The normalized spacial score (nSPS) is 9.33. The van der Waals surface area contributed by atoms with E-state index in [1.165, 1.54) is 6.20 Å². The van der Waals surface area contributed by atoms with Gasteiger partial charge in [-0.2, -0.15) is 5.26 Å². The van der Waals surface area contributed by atoms with Crippen molar-refractivity contribution < 1.29 is 9.94 Å². The molecule has 0 aliphatic carbocycles. The highest BCUT2D eigenvalue weighted by Gasteiger charge is 2.13. The summed E-state index contributed by atoms with van der Waals surface area (Å²) in [6.45, 7) is 1.87. The van der Waals surface area contributed by atoms with Crippen molar-refractivity contribution in [1.29, 1.82) is 5.26 Å². The van der Waals surface area contributed by atoms with Crippen LogP contribution in [0.15, 0.2) is 6.20 Å². The zero-order valence-corrected chi connectivity index (χ0v) is 6.65. The summed E-state index contributed by atoms with van der Waals surface area (Å²) >= 11 is 0. The molecule has 0 saturated heterocycles. The molecule has 0 radical (unpaired) electrons. The lowest BCUT2D eigenvalue weighted by molar-refractivity contribution is -0.894. The predicted molar refractivity (Wildman–Crippen MR) is 40.1 cm³/mol. The van der Waals surface area contributed by atoms with Gasteiger partial charge in [-0.05, 0) is 11.2 Å². The third-order valence-corrected chi connectivity index (χ3v) is 1.48. The van der Waals surface area contributed by atoms with Gasteiger partial charge in [-0.3, -0.25) is 5.73 Å². The number of nitrogens with two attached hydrogens (primary N) is 1. The Bertz CT molecular complexity index is 342. The van der Waals surface area contributed by atoms with Crippen molar-refractivity contribution in [3.8, 4) is 6.07 Å². The lowest BCUT2D eigenvalue weighted by atomic mass is 10.3. The van der Waals surface area contributed by atoms with Crippen molar-refractivity contribution in [2.75, 3.05) is 5.73 Å². The molecule has 0 aliphatic rings. The molecule has 5 heteroatoms. The second-order valence-electron chi connectivity index (χ2n) is 2.28. The second kappa shape index (κ2) is 3.05. The van der Waals surface area contributed by atoms with Crippen LogP contribution in [0.25, 0.3) is 0 Å². The van der Waals surface area contributed by atoms with Crippen LogP contribution in [0.3, 0.4) is 0 Å². The Morgan fingerprint density at radius 3 is 3.00 bits per heavy atom. The van der Waals surface area contributed by atoms with Gasteiger partial charge in [-0.25, -0.2) is 4.98 Å². The van der Waals surface area contributed by atoms with Crippen molar-refractivity contribution in [2.24, 2.45) is 0 Å². The van der Waals surface area contributed by atoms with E-state index in [9.17, 15) is 0 Å². The maximum Gasteiger partial charge on any atom is 0.348 e. The first-order chi connectivity index (χ1) is 5.69. The number of anilines is 1. The second-order valence-corrected chi connectivity index (χ2v) is 2.28. The van der Waals surface area contributed by atoms with E-state index >= 15 is 0 Å². The van der Waals surface area contributed by atoms with Crippen LogP contribution in [0.2, 0.25) is 0 Å². The highest BCUT2D eigenvalue weighted by molar-refractivity contribution is 5.38.